The van der Waals surface area contributed by atoms with Gasteiger partial charge in [-0.2, -0.15) is 9.49 Å². The van der Waals surface area contributed by atoms with Crippen molar-refractivity contribution >= 4 is 12.0 Å². The SMILES string of the molecule is C=Cn1cc(CNc2cccc(F)n2)cn1. The summed E-state index contributed by atoms with van der Waals surface area (Å²) in [4.78, 5) is 3.69. The van der Waals surface area contributed by atoms with E-state index >= 15 is 0 Å². The van der Waals surface area contributed by atoms with Crippen LogP contribution in [0.25, 0.3) is 6.20 Å². The second-order valence-electron chi connectivity index (χ2n) is 3.21. The van der Waals surface area contributed by atoms with E-state index in [1.54, 1.807) is 29.2 Å². The van der Waals surface area contributed by atoms with Crippen LogP contribution in [0.3, 0.4) is 0 Å². The molecule has 0 aromatic carbocycles. The summed E-state index contributed by atoms with van der Waals surface area (Å²) >= 11 is 0. The molecule has 5 heteroatoms. The summed E-state index contributed by atoms with van der Waals surface area (Å²) < 4.78 is 14.4. The minimum Gasteiger partial charge on any atom is -0.366 e. The van der Waals surface area contributed by atoms with Gasteiger partial charge in [0.2, 0.25) is 5.95 Å². The minimum atomic E-state index is -0.494. The maximum absolute atomic E-state index is 12.8. The molecule has 0 aliphatic heterocycles. The molecule has 1 N–H and O–H groups in total. The Hall–Kier alpha value is -2.17. The van der Waals surface area contributed by atoms with Crippen LogP contribution in [0.2, 0.25) is 0 Å². The average Bonchev–Trinajstić information content (AvgIpc) is 2.74. The van der Waals surface area contributed by atoms with Crippen LogP contribution < -0.4 is 5.32 Å². The van der Waals surface area contributed by atoms with Gasteiger partial charge in [-0.25, -0.2) is 9.67 Å². The summed E-state index contributed by atoms with van der Waals surface area (Å²) in [5, 5.41) is 7.03. The number of nitrogens with one attached hydrogen (secondary N) is 1. The van der Waals surface area contributed by atoms with E-state index in [4.69, 9.17) is 0 Å². The van der Waals surface area contributed by atoms with E-state index in [1.165, 1.54) is 6.07 Å². The maximum Gasteiger partial charge on any atom is 0.214 e. The fourth-order valence-corrected chi connectivity index (χ4v) is 1.27. The highest BCUT2D eigenvalue weighted by atomic mass is 19.1. The molecule has 0 bridgehead atoms. The largest absolute Gasteiger partial charge is 0.366 e. The van der Waals surface area contributed by atoms with E-state index in [0.29, 0.717) is 12.4 Å². The van der Waals surface area contributed by atoms with Gasteiger partial charge in [0.05, 0.1) is 6.20 Å². The zero-order valence-corrected chi connectivity index (χ0v) is 8.60. The van der Waals surface area contributed by atoms with Gasteiger partial charge in [-0.05, 0) is 12.1 Å². The molecule has 4 nitrogen and oxygen atoms in total. The topological polar surface area (TPSA) is 42.7 Å². The highest BCUT2D eigenvalue weighted by molar-refractivity contribution is 5.34. The molecular weight excluding hydrogens is 207 g/mol. The number of halogens is 1. The number of pyridine rings is 1. The second kappa shape index (κ2) is 4.57. The van der Waals surface area contributed by atoms with Gasteiger partial charge in [0.15, 0.2) is 0 Å². The predicted molar refractivity (Wildman–Crippen MR) is 60.1 cm³/mol. The Labute approximate surface area is 92.4 Å². The summed E-state index contributed by atoms with van der Waals surface area (Å²) in [7, 11) is 0. The Kier molecular flexibility index (Phi) is 2.95. The number of anilines is 1. The third-order valence-corrected chi connectivity index (χ3v) is 2.03. The maximum atomic E-state index is 12.8. The molecule has 2 heterocycles. The minimum absolute atomic E-state index is 0.494. The first-order valence-electron chi connectivity index (χ1n) is 4.80. The summed E-state index contributed by atoms with van der Waals surface area (Å²) in [5.41, 5.74) is 0.978. The molecule has 0 radical (unpaired) electrons. The number of hydrogen-bond acceptors (Lipinski definition) is 3. The van der Waals surface area contributed by atoms with Crippen molar-refractivity contribution in [1.82, 2.24) is 14.8 Å². The highest BCUT2D eigenvalue weighted by Gasteiger charge is 1.98. The number of nitrogens with zero attached hydrogens (tertiary/aromatic N) is 3. The summed E-state index contributed by atoms with van der Waals surface area (Å²) in [5.74, 6) is 0.0122. The van der Waals surface area contributed by atoms with Crippen LogP contribution >= 0.6 is 0 Å². The lowest BCUT2D eigenvalue weighted by Gasteiger charge is -2.02. The summed E-state index contributed by atoms with van der Waals surface area (Å²) in [6.07, 6.45) is 5.15. The molecule has 0 fully saturated rings. The van der Waals surface area contributed by atoms with E-state index in [1.807, 2.05) is 6.20 Å². The van der Waals surface area contributed by atoms with Gasteiger partial charge in [0, 0.05) is 24.5 Å². The first kappa shape index (κ1) is 10.4. The lowest BCUT2D eigenvalue weighted by Crippen LogP contribution is -2.01. The Morgan fingerprint density at radius 1 is 1.50 bits per heavy atom. The fourth-order valence-electron chi connectivity index (χ4n) is 1.27. The molecule has 2 aromatic heterocycles. The first-order valence-corrected chi connectivity index (χ1v) is 4.80. The molecule has 0 aliphatic carbocycles. The standard InChI is InChI=1S/C11H11FN4/c1-2-16-8-9(7-14-16)6-13-11-5-3-4-10(12)15-11/h2-5,7-8H,1,6H2,(H,13,15). The molecule has 0 saturated carbocycles. The normalized spacial score (nSPS) is 10.1. The molecule has 0 atom stereocenters. The highest BCUT2D eigenvalue weighted by Crippen LogP contribution is 2.06. The van der Waals surface area contributed by atoms with Crippen LogP contribution in [-0.2, 0) is 6.54 Å². The smallest absolute Gasteiger partial charge is 0.214 e. The van der Waals surface area contributed by atoms with Crippen molar-refractivity contribution in [2.24, 2.45) is 0 Å². The Balaban J connectivity index is 1.99. The van der Waals surface area contributed by atoms with Gasteiger partial charge >= 0.3 is 0 Å². The third-order valence-electron chi connectivity index (χ3n) is 2.03. The van der Waals surface area contributed by atoms with Crippen molar-refractivity contribution < 1.29 is 4.39 Å². The molecule has 16 heavy (non-hydrogen) atoms. The Bertz CT molecular complexity index is 492. The third kappa shape index (κ3) is 2.44. The summed E-state index contributed by atoms with van der Waals surface area (Å²) in [6.45, 7) is 4.14. The van der Waals surface area contributed by atoms with Crippen molar-refractivity contribution in [2.45, 2.75) is 6.54 Å². The van der Waals surface area contributed by atoms with Crippen LogP contribution in [-0.4, -0.2) is 14.8 Å². The molecule has 0 spiro atoms. The van der Waals surface area contributed by atoms with Crippen LogP contribution in [0.4, 0.5) is 10.2 Å². The zero-order valence-electron chi connectivity index (χ0n) is 8.60. The van der Waals surface area contributed by atoms with E-state index in [9.17, 15) is 4.39 Å². The Morgan fingerprint density at radius 2 is 2.38 bits per heavy atom. The molecular formula is C11H11FN4. The second-order valence-corrected chi connectivity index (χ2v) is 3.21. The predicted octanol–water partition coefficient (Wildman–Crippen LogP) is 2.13. The lowest BCUT2D eigenvalue weighted by atomic mass is 10.3. The number of hydrogen-bond donors (Lipinski definition) is 1. The van der Waals surface area contributed by atoms with Crippen molar-refractivity contribution in [3.05, 3.63) is 48.7 Å². The molecule has 0 aliphatic rings. The zero-order chi connectivity index (χ0) is 11.4. The molecule has 0 unspecified atom stereocenters. The van der Waals surface area contributed by atoms with E-state index < -0.39 is 5.95 Å². The van der Waals surface area contributed by atoms with Crippen LogP contribution in [0, 0.1) is 5.95 Å². The quantitative estimate of drug-likeness (QED) is 0.799. The first-order chi connectivity index (χ1) is 7.78. The van der Waals surface area contributed by atoms with Gasteiger partial charge < -0.3 is 5.32 Å². The molecule has 82 valence electrons. The van der Waals surface area contributed by atoms with Crippen LogP contribution in [0.15, 0.2) is 37.2 Å². The Morgan fingerprint density at radius 3 is 3.06 bits per heavy atom. The van der Waals surface area contributed by atoms with Crippen LogP contribution in [0.1, 0.15) is 5.56 Å². The molecule has 0 amide bonds. The number of aromatic nitrogens is 3. The van der Waals surface area contributed by atoms with Crippen molar-refractivity contribution in [2.75, 3.05) is 5.32 Å². The van der Waals surface area contributed by atoms with E-state index in [2.05, 4.69) is 22.0 Å². The monoisotopic (exact) mass is 218 g/mol. The molecule has 0 saturated heterocycles. The van der Waals surface area contributed by atoms with Gasteiger partial charge in [0.1, 0.15) is 5.82 Å². The van der Waals surface area contributed by atoms with Gasteiger partial charge in [-0.1, -0.05) is 12.6 Å². The fraction of sp³-hybridized carbons (Fsp3) is 0.0909. The van der Waals surface area contributed by atoms with Crippen molar-refractivity contribution in [3.63, 3.8) is 0 Å². The van der Waals surface area contributed by atoms with Gasteiger partial charge in [-0.3, -0.25) is 0 Å². The van der Waals surface area contributed by atoms with Gasteiger partial charge in [-0.15, -0.1) is 0 Å². The molecule has 2 rings (SSSR count). The summed E-state index contributed by atoms with van der Waals surface area (Å²) in [6, 6.07) is 4.62. The molecule has 2 aromatic rings. The number of rotatable bonds is 4. The van der Waals surface area contributed by atoms with Gasteiger partial charge in [0.25, 0.3) is 0 Å². The van der Waals surface area contributed by atoms with Crippen molar-refractivity contribution in [3.8, 4) is 0 Å². The average molecular weight is 218 g/mol. The lowest BCUT2D eigenvalue weighted by molar-refractivity contribution is 0.585. The van der Waals surface area contributed by atoms with Crippen molar-refractivity contribution in [1.29, 1.82) is 0 Å². The van der Waals surface area contributed by atoms with Crippen LogP contribution in [0.5, 0.6) is 0 Å². The van der Waals surface area contributed by atoms with E-state index in [0.717, 1.165) is 5.56 Å². The van der Waals surface area contributed by atoms with E-state index in [-0.39, 0.29) is 0 Å².